The zero-order chi connectivity index (χ0) is 12.8. The molecule has 4 aromatic rings. The molecule has 0 unspecified atom stereocenters. The van der Waals surface area contributed by atoms with Crippen molar-refractivity contribution < 1.29 is 0 Å². The van der Waals surface area contributed by atoms with E-state index in [1.165, 1.54) is 0 Å². The van der Waals surface area contributed by atoms with Gasteiger partial charge in [-0.3, -0.25) is 4.98 Å². The minimum atomic E-state index is 1.01. The van der Waals surface area contributed by atoms with Crippen molar-refractivity contribution in [1.29, 1.82) is 0 Å². The van der Waals surface area contributed by atoms with E-state index in [1.54, 1.807) is 0 Å². The van der Waals surface area contributed by atoms with Crippen LogP contribution < -0.4 is 0 Å². The first-order chi connectivity index (χ1) is 9.33. The summed E-state index contributed by atoms with van der Waals surface area (Å²) in [5.41, 5.74) is 4.12. The van der Waals surface area contributed by atoms with Gasteiger partial charge in [-0.2, -0.15) is 0 Å². The highest BCUT2D eigenvalue weighted by molar-refractivity contribution is 6.07. The average molecular weight is 244 g/mol. The molecule has 2 heterocycles. The van der Waals surface area contributed by atoms with E-state index in [2.05, 4.69) is 29.2 Å². The SMILES string of the molecule is Cc1nc2ccccc2c2nc3ccccc3cc12. The van der Waals surface area contributed by atoms with Crippen molar-refractivity contribution in [2.45, 2.75) is 6.92 Å². The van der Waals surface area contributed by atoms with Crippen molar-refractivity contribution in [3.8, 4) is 0 Å². The summed E-state index contributed by atoms with van der Waals surface area (Å²) in [6, 6.07) is 18.6. The van der Waals surface area contributed by atoms with Gasteiger partial charge in [0.2, 0.25) is 0 Å². The maximum atomic E-state index is 4.83. The minimum absolute atomic E-state index is 1.01. The molecule has 0 atom stereocenters. The first-order valence-electron chi connectivity index (χ1n) is 6.38. The summed E-state index contributed by atoms with van der Waals surface area (Å²) in [7, 11) is 0. The summed E-state index contributed by atoms with van der Waals surface area (Å²) in [5.74, 6) is 0. The zero-order valence-electron chi connectivity index (χ0n) is 10.6. The molecule has 2 aromatic carbocycles. The second-order valence-electron chi connectivity index (χ2n) is 4.79. The second-order valence-corrected chi connectivity index (χ2v) is 4.79. The first kappa shape index (κ1) is 10.4. The van der Waals surface area contributed by atoms with E-state index in [9.17, 15) is 0 Å². The normalized spacial score (nSPS) is 11.4. The third kappa shape index (κ3) is 1.50. The zero-order valence-corrected chi connectivity index (χ0v) is 10.6. The Kier molecular flexibility index (Phi) is 2.06. The van der Waals surface area contributed by atoms with Crippen molar-refractivity contribution in [2.75, 3.05) is 0 Å². The van der Waals surface area contributed by atoms with Gasteiger partial charge < -0.3 is 0 Å². The maximum absolute atomic E-state index is 4.83. The number of hydrogen-bond acceptors (Lipinski definition) is 2. The highest BCUT2D eigenvalue weighted by Crippen LogP contribution is 2.27. The predicted octanol–water partition coefficient (Wildman–Crippen LogP) is 4.24. The Labute approximate surface area is 110 Å². The van der Waals surface area contributed by atoms with Gasteiger partial charge in [-0.15, -0.1) is 0 Å². The van der Waals surface area contributed by atoms with Gasteiger partial charge in [0.05, 0.1) is 16.6 Å². The van der Waals surface area contributed by atoms with Gasteiger partial charge in [0.1, 0.15) is 0 Å². The molecule has 0 radical (unpaired) electrons. The van der Waals surface area contributed by atoms with Crippen LogP contribution in [0.1, 0.15) is 5.69 Å². The van der Waals surface area contributed by atoms with Gasteiger partial charge in [0, 0.05) is 21.9 Å². The van der Waals surface area contributed by atoms with Gasteiger partial charge in [-0.1, -0.05) is 36.4 Å². The van der Waals surface area contributed by atoms with E-state index in [1.807, 2.05) is 37.3 Å². The van der Waals surface area contributed by atoms with Crippen molar-refractivity contribution >= 4 is 32.7 Å². The lowest BCUT2D eigenvalue weighted by Crippen LogP contribution is -1.91. The Hall–Kier alpha value is -2.48. The molecule has 0 aliphatic carbocycles. The second kappa shape index (κ2) is 3.75. The van der Waals surface area contributed by atoms with Crippen LogP contribution in [0.15, 0.2) is 54.6 Å². The molecule has 2 nitrogen and oxygen atoms in total. The molecule has 0 fully saturated rings. The van der Waals surface area contributed by atoms with Gasteiger partial charge in [0.25, 0.3) is 0 Å². The number of nitrogens with zero attached hydrogens (tertiary/aromatic N) is 2. The molecule has 2 heteroatoms. The van der Waals surface area contributed by atoms with Gasteiger partial charge >= 0.3 is 0 Å². The largest absolute Gasteiger partial charge is 0.252 e. The molecule has 4 rings (SSSR count). The Morgan fingerprint density at radius 3 is 2.37 bits per heavy atom. The molecule has 19 heavy (non-hydrogen) atoms. The molecule has 0 spiro atoms. The number of hydrogen-bond donors (Lipinski definition) is 0. The molecule has 2 aromatic heterocycles. The number of rotatable bonds is 0. The van der Waals surface area contributed by atoms with Crippen LogP contribution in [0.25, 0.3) is 32.7 Å². The number of aromatic nitrogens is 2. The molecule has 0 saturated carbocycles. The Morgan fingerprint density at radius 1 is 0.737 bits per heavy atom. The third-order valence-corrected chi connectivity index (χ3v) is 3.56. The molecular weight excluding hydrogens is 232 g/mol. The van der Waals surface area contributed by atoms with Crippen LogP contribution in [0.5, 0.6) is 0 Å². The maximum Gasteiger partial charge on any atom is 0.0821 e. The monoisotopic (exact) mass is 244 g/mol. The lowest BCUT2D eigenvalue weighted by molar-refractivity contribution is 1.28. The molecule has 0 amide bonds. The van der Waals surface area contributed by atoms with Crippen LogP contribution in [0.2, 0.25) is 0 Å². The standard InChI is InChI=1S/C17H12N2/c1-11-14-10-12-6-2-4-8-15(12)19-17(14)13-7-3-5-9-16(13)18-11/h2-10H,1H3. The molecule has 0 aliphatic rings. The van der Waals surface area contributed by atoms with Crippen molar-refractivity contribution in [3.63, 3.8) is 0 Å². The van der Waals surface area contributed by atoms with Crippen molar-refractivity contribution in [3.05, 3.63) is 60.3 Å². The smallest absolute Gasteiger partial charge is 0.0821 e. The molecular formula is C17H12N2. The lowest BCUT2D eigenvalue weighted by atomic mass is 10.1. The summed E-state index contributed by atoms with van der Waals surface area (Å²) >= 11 is 0. The minimum Gasteiger partial charge on any atom is -0.252 e. The van der Waals surface area contributed by atoms with Crippen molar-refractivity contribution in [1.82, 2.24) is 9.97 Å². The predicted molar refractivity (Wildman–Crippen MR) is 79.3 cm³/mol. The third-order valence-electron chi connectivity index (χ3n) is 3.56. The van der Waals surface area contributed by atoms with Gasteiger partial charge in [-0.25, -0.2) is 4.98 Å². The van der Waals surface area contributed by atoms with Crippen LogP contribution in [-0.4, -0.2) is 9.97 Å². The summed E-state index contributed by atoms with van der Waals surface area (Å²) in [6.07, 6.45) is 0. The Morgan fingerprint density at radius 2 is 1.47 bits per heavy atom. The van der Waals surface area contributed by atoms with Gasteiger partial charge in [0.15, 0.2) is 0 Å². The van der Waals surface area contributed by atoms with E-state index >= 15 is 0 Å². The quantitative estimate of drug-likeness (QED) is 0.341. The fourth-order valence-electron chi connectivity index (χ4n) is 2.61. The van der Waals surface area contributed by atoms with E-state index in [0.29, 0.717) is 0 Å². The van der Waals surface area contributed by atoms with Crippen LogP contribution in [0, 0.1) is 6.92 Å². The molecule has 0 saturated heterocycles. The van der Waals surface area contributed by atoms with E-state index in [0.717, 1.165) is 38.4 Å². The number of aryl methyl sites for hydroxylation is 1. The summed E-state index contributed by atoms with van der Waals surface area (Å²) in [4.78, 5) is 9.50. The number of benzene rings is 2. The molecule has 0 aliphatic heterocycles. The topological polar surface area (TPSA) is 25.8 Å². The van der Waals surface area contributed by atoms with E-state index in [4.69, 9.17) is 4.98 Å². The van der Waals surface area contributed by atoms with Crippen molar-refractivity contribution in [2.24, 2.45) is 0 Å². The van der Waals surface area contributed by atoms with Crippen LogP contribution in [-0.2, 0) is 0 Å². The van der Waals surface area contributed by atoms with Crippen LogP contribution in [0.4, 0.5) is 0 Å². The van der Waals surface area contributed by atoms with Crippen LogP contribution in [0.3, 0.4) is 0 Å². The number of pyridine rings is 2. The highest BCUT2D eigenvalue weighted by Gasteiger charge is 2.07. The highest BCUT2D eigenvalue weighted by atomic mass is 14.7. The van der Waals surface area contributed by atoms with Gasteiger partial charge in [-0.05, 0) is 25.1 Å². The fourth-order valence-corrected chi connectivity index (χ4v) is 2.61. The number of para-hydroxylation sites is 2. The fraction of sp³-hybridized carbons (Fsp3) is 0.0588. The Balaban J connectivity index is 2.30. The lowest BCUT2D eigenvalue weighted by Gasteiger charge is -2.07. The molecule has 0 bridgehead atoms. The molecule has 0 N–H and O–H groups in total. The Bertz CT molecular complexity index is 926. The summed E-state index contributed by atoms with van der Waals surface area (Å²) in [5, 5.41) is 3.42. The number of fused-ring (bicyclic) bond motifs is 4. The van der Waals surface area contributed by atoms with Crippen LogP contribution >= 0.6 is 0 Å². The van der Waals surface area contributed by atoms with E-state index < -0.39 is 0 Å². The molecule has 90 valence electrons. The van der Waals surface area contributed by atoms with E-state index in [-0.39, 0.29) is 0 Å². The summed E-state index contributed by atoms with van der Waals surface area (Å²) < 4.78 is 0. The average Bonchev–Trinajstić information content (AvgIpc) is 2.46. The first-order valence-corrected chi connectivity index (χ1v) is 6.38. The summed E-state index contributed by atoms with van der Waals surface area (Å²) in [6.45, 7) is 2.05.